The van der Waals surface area contributed by atoms with Gasteiger partial charge in [-0.05, 0) is 99.7 Å². The van der Waals surface area contributed by atoms with Crippen molar-refractivity contribution in [2.45, 2.75) is 78.2 Å². The van der Waals surface area contributed by atoms with Gasteiger partial charge < -0.3 is 5.32 Å². The summed E-state index contributed by atoms with van der Waals surface area (Å²) in [4.78, 5) is 22.7. The molecule has 0 aliphatic heterocycles. The van der Waals surface area contributed by atoms with E-state index in [1.165, 1.54) is 38.5 Å². The zero-order valence-electron chi connectivity index (χ0n) is 18.0. The van der Waals surface area contributed by atoms with Gasteiger partial charge in [-0.25, -0.2) is 9.97 Å². The highest BCUT2D eigenvalue weighted by molar-refractivity contribution is 5.97. The lowest BCUT2D eigenvalue weighted by atomic mass is 9.48. The van der Waals surface area contributed by atoms with Crippen molar-refractivity contribution < 1.29 is 4.79 Å². The molecule has 4 saturated carbocycles. The molecule has 4 nitrogen and oxygen atoms in total. The first-order chi connectivity index (χ1) is 14.0. The maximum absolute atomic E-state index is 13.1. The number of benzene rings is 1. The van der Waals surface area contributed by atoms with Crippen LogP contribution in [0.15, 0.2) is 18.2 Å². The van der Waals surface area contributed by atoms with E-state index >= 15 is 0 Å². The van der Waals surface area contributed by atoms with E-state index in [1.54, 1.807) is 0 Å². The molecular weight excluding hydrogens is 358 g/mol. The van der Waals surface area contributed by atoms with Crippen LogP contribution in [0.3, 0.4) is 0 Å². The normalized spacial score (nSPS) is 31.2. The van der Waals surface area contributed by atoms with Gasteiger partial charge in [-0.2, -0.15) is 0 Å². The topological polar surface area (TPSA) is 54.9 Å². The van der Waals surface area contributed by atoms with Crippen LogP contribution in [-0.4, -0.2) is 21.9 Å². The highest BCUT2D eigenvalue weighted by Crippen LogP contribution is 2.61. The molecule has 4 aliphatic carbocycles. The van der Waals surface area contributed by atoms with Crippen LogP contribution < -0.4 is 5.32 Å². The van der Waals surface area contributed by atoms with Gasteiger partial charge in [0.15, 0.2) is 0 Å². The summed E-state index contributed by atoms with van der Waals surface area (Å²) < 4.78 is 0. The van der Waals surface area contributed by atoms with Gasteiger partial charge in [0, 0.05) is 11.6 Å². The molecule has 6 rings (SSSR count). The number of nitrogens with one attached hydrogen (secondary N) is 1. The molecule has 1 aromatic carbocycles. The van der Waals surface area contributed by atoms with E-state index in [0.29, 0.717) is 11.0 Å². The molecule has 4 fully saturated rings. The second-order valence-corrected chi connectivity index (χ2v) is 10.0. The Kier molecular flexibility index (Phi) is 4.64. The molecule has 154 valence electrons. The molecule has 1 atom stereocenters. The van der Waals surface area contributed by atoms with Crippen molar-refractivity contribution in [3.8, 4) is 0 Å². The number of nitrogens with zero attached hydrogens (tertiary/aromatic N) is 2. The van der Waals surface area contributed by atoms with E-state index in [4.69, 9.17) is 9.97 Å². The van der Waals surface area contributed by atoms with Crippen LogP contribution in [0.25, 0.3) is 11.0 Å². The molecule has 0 unspecified atom stereocenters. The summed E-state index contributed by atoms with van der Waals surface area (Å²) in [5.41, 5.74) is 4.84. The minimum Gasteiger partial charge on any atom is -0.349 e. The molecule has 1 amide bonds. The number of rotatable bonds is 5. The standard InChI is InChI=1S/C25H33N3O/c1-4-20-21(5-2)28-23-11-19(6-7-22(23)27-20)24(29)26-15(3)25-12-16-8-17(13-25)10-18(9-16)14-25/h6-7,11,15-18H,4-5,8-10,12-14H2,1-3H3,(H,26,29)/t15-,16?,17?,18?,25?/m0/s1. The Morgan fingerprint density at radius 2 is 1.55 bits per heavy atom. The highest BCUT2D eigenvalue weighted by Gasteiger charge is 2.53. The van der Waals surface area contributed by atoms with Gasteiger partial charge in [-0.3, -0.25) is 4.79 Å². The minimum absolute atomic E-state index is 0.0366. The highest BCUT2D eigenvalue weighted by atomic mass is 16.1. The van der Waals surface area contributed by atoms with E-state index in [-0.39, 0.29) is 11.9 Å². The van der Waals surface area contributed by atoms with Crippen molar-refractivity contribution in [2.24, 2.45) is 23.2 Å². The average Bonchev–Trinajstić information content (AvgIpc) is 2.71. The molecule has 4 aliphatic rings. The Hall–Kier alpha value is -1.97. The Morgan fingerprint density at radius 1 is 1.00 bits per heavy atom. The summed E-state index contributed by atoms with van der Waals surface area (Å²) in [5, 5.41) is 3.38. The van der Waals surface area contributed by atoms with Gasteiger partial charge in [-0.1, -0.05) is 13.8 Å². The fourth-order valence-corrected chi connectivity index (χ4v) is 6.98. The second-order valence-electron chi connectivity index (χ2n) is 10.0. The molecule has 0 saturated heterocycles. The smallest absolute Gasteiger partial charge is 0.251 e. The summed E-state index contributed by atoms with van der Waals surface area (Å²) in [5.74, 6) is 2.74. The lowest BCUT2D eigenvalue weighted by molar-refractivity contribution is -0.0688. The molecule has 29 heavy (non-hydrogen) atoms. The molecule has 2 aromatic rings. The number of carbonyl (C=O) groups is 1. The molecule has 1 N–H and O–H groups in total. The summed E-state index contributed by atoms with van der Waals surface area (Å²) in [7, 11) is 0. The summed E-state index contributed by atoms with van der Waals surface area (Å²) in [6, 6.07) is 6.01. The first kappa shape index (κ1) is 19.0. The lowest BCUT2D eigenvalue weighted by Gasteiger charge is -2.59. The molecule has 4 heteroatoms. The molecule has 1 heterocycles. The monoisotopic (exact) mass is 391 g/mol. The first-order valence-corrected chi connectivity index (χ1v) is 11.6. The molecule has 0 spiro atoms. The van der Waals surface area contributed by atoms with Crippen molar-refractivity contribution in [1.82, 2.24) is 15.3 Å². The zero-order valence-corrected chi connectivity index (χ0v) is 18.0. The van der Waals surface area contributed by atoms with Crippen LogP contribution in [0.2, 0.25) is 0 Å². The Bertz CT molecular complexity index is 915. The fraction of sp³-hybridized carbons (Fsp3) is 0.640. The molecule has 1 aromatic heterocycles. The lowest BCUT2D eigenvalue weighted by Crippen LogP contribution is -2.55. The van der Waals surface area contributed by atoms with Gasteiger partial charge in [0.25, 0.3) is 5.91 Å². The maximum Gasteiger partial charge on any atom is 0.251 e. The summed E-state index contributed by atoms with van der Waals surface area (Å²) in [6.45, 7) is 6.47. The van der Waals surface area contributed by atoms with Crippen LogP contribution >= 0.6 is 0 Å². The Morgan fingerprint density at radius 3 is 2.10 bits per heavy atom. The number of hydrogen-bond donors (Lipinski definition) is 1. The van der Waals surface area contributed by atoms with E-state index in [2.05, 4.69) is 26.1 Å². The van der Waals surface area contributed by atoms with Crippen LogP contribution in [0.1, 0.15) is 81.0 Å². The summed E-state index contributed by atoms with van der Waals surface area (Å²) in [6.07, 6.45) is 9.98. The fourth-order valence-electron chi connectivity index (χ4n) is 6.98. The maximum atomic E-state index is 13.1. The third-order valence-corrected chi connectivity index (χ3v) is 8.10. The predicted octanol–water partition coefficient (Wildman–Crippen LogP) is 5.09. The van der Waals surface area contributed by atoms with Crippen molar-refractivity contribution in [2.75, 3.05) is 0 Å². The van der Waals surface area contributed by atoms with E-state index in [1.807, 2.05) is 18.2 Å². The van der Waals surface area contributed by atoms with Crippen molar-refractivity contribution in [1.29, 1.82) is 0 Å². The van der Waals surface area contributed by atoms with Crippen LogP contribution in [0, 0.1) is 23.2 Å². The number of aromatic nitrogens is 2. The van der Waals surface area contributed by atoms with Gasteiger partial charge >= 0.3 is 0 Å². The van der Waals surface area contributed by atoms with E-state index in [0.717, 1.165) is 53.0 Å². The first-order valence-electron chi connectivity index (χ1n) is 11.6. The Labute approximate surface area is 173 Å². The number of carbonyl (C=O) groups excluding carboxylic acids is 1. The second kappa shape index (κ2) is 7.07. The average molecular weight is 392 g/mol. The largest absolute Gasteiger partial charge is 0.349 e. The summed E-state index contributed by atoms with van der Waals surface area (Å²) >= 11 is 0. The van der Waals surface area contributed by atoms with Gasteiger partial charge in [0.1, 0.15) is 0 Å². The van der Waals surface area contributed by atoms with Crippen LogP contribution in [0.4, 0.5) is 0 Å². The van der Waals surface area contributed by atoms with Gasteiger partial charge in [-0.15, -0.1) is 0 Å². The zero-order chi connectivity index (χ0) is 20.2. The van der Waals surface area contributed by atoms with Crippen LogP contribution in [-0.2, 0) is 12.8 Å². The number of aryl methyl sites for hydroxylation is 2. The number of fused-ring (bicyclic) bond motifs is 1. The van der Waals surface area contributed by atoms with Crippen molar-refractivity contribution >= 4 is 16.9 Å². The molecule has 0 radical (unpaired) electrons. The third-order valence-electron chi connectivity index (χ3n) is 8.10. The number of hydrogen-bond acceptors (Lipinski definition) is 3. The van der Waals surface area contributed by atoms with Crippen molar-refractivity contribution in [3.05, 3.63) is 35.2 Å². The van der Waals surface area contributed by atoms with E-state index < -0.39 is 0 Å². The minimum atomic E-state index is 0.0366. The van der Waals surface area contributed by atoms with Gasteiger partial charge in [0.05, 0.1) is 22.4 Å². The SMILES string of the molecule is CCc1nc2ccc(C(=O)N[C@@H](C)C34CC5CC(CC(C5)C3)C4)cc2nc1CC. The van der Waals surface area contributed by atoms with Crippen LogP contribution in [0.5, 0.6) is 0 Å². The number of amides is 1. The Balaban J connectivity index is 1.37. The van der Waals surface area contributed by atoms with Gasteiger partial charge in [0.2, 0.25) is 0 Å². The quantitative estimate of drug-likeness (QED) is 0.772. The third kappa shape index (κ3) is 3.25. The molecule has 4 bridgehead atoms. The van der Waals surface area contributed by atoms with Crippen molar-refractivity contribution in [3.63, 3.8) is 0 Å². The molecular formula is C25H33N3O. The predicted molar refractivity (Wildman–Crippen MR) is 116 cm³/mol. The van der Waals surface area contributed by atoms with E-state index in [9.17, 15) is 4.79 Å².